The van der Waals surface area contributed by atoms with Crippen molar-refractivity contribution in [3.8, 4) is 0 Å². The first-order valence-electron chi connectivity index (χ1n) is 34.8. The number of likely N-dealkylation sites (N-methyl/N-ethyl adjacent to an activating group) is 1. The monoisotopic (exact) mass is 1230 g/mol. The van der Waals surface area contributed by atoms with Gasteiger partial charge in [0.1, 0.15) is 19.3 Å². The van der Waals surface area contributed by atoms with Crippen LogP contribution in [0.1, 0.15) is 265 Å². The number of phosphoric acid groups is 1. The van der Waals surface area contributed by atoms with Gasteiger partial charge in [-0.05, 0) is 134 Å². The number of ether oxygens (including phenoxy) is 1. The molecule has 0 fully saturated rings. The second-order valence-corrected chi connectivity index (χ2v) is 25.4. The van der Waals surface area contributed by atoms with Gasteiger partial charge >= 0.3 is 13.8 Å². The maximum Gasteiger partial charge on any atom is 0.472 e. The average Bonchev–Trinajstić information content (AvgIpc) is 3.70. The fourth-order valence-corrected chi connectivity index (χ4v) is 9.92. The number of nitrogens with zero attached hydrogens (tertiary/aromatic N) is 1. The summed E-state index contributed by atoms with van der Waals surface area (Å²) in [7, 11) is 1.45. The van der Waals surface area contributed by atoms with E-state index < -0.39 is 20.0 Å². The molecule has 87 heavy (non-hydrogen) atoms. The second-order valence-electron chi connectivity index (χ2n) is 23.9. The molecule has 0 aromatic carbocycles. The summed E-state index contributed by atoms with van der Waals surface area (Å²) in [4.78, 5) is 37.9. The van der Waals surface area contributed by atoms with E-state index in [9.17, 15) is 19.0 Å². The molecule has 1 amide bonds. The number of unbranched alkanes of at least 4 members (excludes halogenated alkanes) is 21. The smallest absolute Gasteiger partial charge is 0.456 e. The Morgan fingerprint density at radius 3 is 1.10 bits per heavy atom. The first-order chi connectivity index (χ1) is 42.4. The first-order valence-corrected chi connectivity index (χ1v) is 36.3. The minimum atomic E-state index is -4.47. The van der Waals surface area contributed by atoms with Gasteiger partial charge < -0.3 is 19.4 Å². The number of carbonyl (C=O) groups excluding carboxylic acids is 2. The molecule has 0 rings (SSSR count). The molecule has 9 nitrogen and oxygen atoms in total. The molecule has 0 aliphatic rings. The summed E-state index contributed by atoms with van der Waals surface area (Å²) >= 11 is 0. The first kappa shape index (κ1) is 82.6. The van der Waals surface area contributed by atoms with E-state index in [0.717, 1.165) is 154 Å². The molecule has 0 bridgehead atoms. The lowest BCUT2D eigenvalue weighted by molar-refractivity contribution is -0.870. The summed E-state index contributed by atoms with van der Waals surface area (Å²) in [5.74, 6) is -0.555. The fourth-order valence-electron chi connectivity index (χ4n) is 9.18. The van der Waals surface area contributed by atoms with Gasteiger partial charge in [0, 0.05) is 12.8 Å². The normalized spacial score (nSPS) is 14.5. The summed E-state index contributed by atoms with van der Waals surface area (Å²) < 4.78 is 30.8. The van der Waals surface area contributed by atoms with Gasteiger partial charge in [-0.1, -0.05) is 275 Å². The van der Waals surface area contributed by atoms with Gasteiger partial charge in [-0.3, -0.25) is 18.6 Å². The highest BCUT2D eigenvalue weighted by Crippen LogP contribution is 2.43. The molecule has 2 N–H and O–H groups in total. The molecule has 0 aliphatic carbocycles. The zero-order valence-electron chi connectivity index (χ0n) is 56.4. The van der Waals surface area contributed by atoms with Crippen LogP contribution in [0.5, 0.6) is 0 Å². The number of esters is 1. The lowest BCUT2D eigenvalue weighted by Gasteiger charge is -2.27. The van der Waals surface area contributed by atoms with E-state index in [4.69, 9.17) is 13.8 Å². The maximum atomic E-state index is 13.6. The molecule has 10 heteroatoms. The third kappa shape index (κ3) is 65.9. The summed E-state index contributed by atoms with van der Waals surface area (Å²) in [6.07, 6.45) is 95.4. The quantitative estimate of drug-likeness (QED) is 0.0205. The maximum absolute atomic E-state index is 13.6. The minimum Gasteiger partial charge on any atom is -0.456 e. The van der Waals surface area contributed by atoms with E-state index in [1.54, 1.807) is 0 Å². The van der Waals surface area contributed by atoms with Gasteiger partial charge in [0.2, 0.25) is 5.91 Å². The van der Waals surface area contributed by atoms with E-state index in [2.05, 4.69) is 172 Å². The van der Waals surface area contributed by atoms with Gasteiger partial charge in [0.05, 0.1) is 33.8 Å². The van der Waals surface area contributed by atoms with E-state index in [1.807, 2.05) is 33.3 Å². The van der Waals surface area contributed by atoms with Gasteiger partial charge in [0.25, 0.3) is 0 Å². The number of amides is 1. The molecule has 3 unspecified atom stereocenters. The largest absolute Gasteiger partial charge is 0.472 e. The molecule has 0 radical (unpaired) electrons. The number of nitrogens with one attached hydrogen (secondary N) is 1. The van der Waals surface area contributed by atoms with Crippen LogP contribution >= 0.6 is 7.82 Å². The number of carbonyl (C=O) groups is 2. The average molecular weight is 1230 g/mol. The lowest BCUT2D eigenvalue weighted by atomic mass is 10.0. The van der Waals surface area contributed by atoms with Crippen LogP contribution in [-0.2, 0) is 27.9 Å². The predicted octanol–water partition coefficient (Wildman–Crippen LogP) is 22.3. The van der Waals surface area contributed by atoms with Crippen LogP contribution in [0.4, 0.5) is 0 Å². The molecule has 0 aromatic rings. The number of hydrogen-bond donors (Lipinski definition) is 2. The minimum absolute atomic E-state index is 0.0249. The Labute approximate surface area is 535 Å². The van der Waals surface area contributed by atoms with Crippen LogP contribution in [0.25, 0.3) is 0 Å². The van der Waals surface area contributed by atoms with E-state index in [-0.39, 0.29) is 31.5 Å². The van der Waals surface area contributed by atoms with Crippen LogP contribution < -0.4 is 5.32 Å². The fraction of sp³-hybridized carbons (Fsp3) is 0.636. The van der Waals surface area contributed by atoms with E-state index in [0.29, 0.717) is 23.9 Å². The highest BCUT2D eigenvalue weighted by molar-refractivity contribution is 7.47. The van der Waals surface area contributed by atoms with E-state index >= 15 is 0 Å². The molecule has 0 spiro atoms. The van der Waals surface area contributed by atoms with E-state index in [1.165, 1.54) is 70.6 Å². The van der Waals surface area contributed by atoms with Crippen LogP contribution in [-0.4, -0.2) is 74.3 Å². The van der Waals surface area contributed by atoms with Crippen molar-refractivity contribution in [3.63, 3.8) is 0 Å². The van der Waals surface area contributed by atoms with Crippen LogP contribution in [0, 0.1) is 0 Å². The molecular weight excluding hydrogens is 1100 g/mol. The van der Waals surface area contributed by atoms with Crippen molar-refractivity contribution >= 4 is 19.7 Å². The van der Waals surface area contributed by atoms with Crippen LogP contribution in [0.2, 0.25) is 0 Å². The topological polar surface area (TPSA) is 111 Å². The Morgan fingerprint density at radius 2 is 0.736 bits per heavy atom. The number of hydrogen-bond acceptors (Lipinski definition) is 6. The van der Waals surface area contributed by atoms with Crippen molar-refractivity contribution in [1.82, 2.24) is 5.32 Å². The second kappa shape index (κ2) is 64.6. The standard InChI is InChI=1S/C77H129N2O7P/c1-7-10-13-16-19-22-25-27-29-31-33-35-37-38-39-40-42-43-45-47-49-51-54-57-60-63-66-69-76(80)78-74(73-85-87(82,83)84-72-71-79(4,5)6)75(68-65-62-59-56-53-24-21-18-15-12-9-3)86-77(81)70-67-64-61-58-55-52-50-48-46-44-41-36-34-32-30-28-26-23-20-17-14-11-8-2/h10-11,13-14,19-20,22-23,27-30,33-36,38-39,42-44,46,50,52,65,68,74-75H,7-9,12,15-18,21,24-26,31-32,37,40-41,45,47-49,51,53-64,66-67,69-73H2,1-6H3,(H-,78,80,82,83)/p+1/b13-10-,14-11-,22-19-,23-20-,29-27-,30-28-,35-33-,36-34-,39-38-,43-42-,46-44-,52-50-,68-65-. The van der Waals surface area contributed by atoms with Crippen molar-refractivity contribution in [2.45, 2.75) is 277 Å². The summed E-state index contributed by atoms with van der Waals surface area (Å²) in [5, 5.41) is 3.05. The Morgan fingerprint density at radius 1 is 0.414 bits per heavy atom. The van der Waals surface area contributed by atoms with Gasteiger partial charge in [-0.15, -0.1) is 0 Å². The third-order valence-corrected chi connectivity index (χ3v) is 15.4. The Hall–Kier alpha value is -4.37. The van der Waals surface area contributed by atoms with Crippen molar-refractivity contribution in [2.75, 3.05) is 40.9 Å². The van der Waals surface area contributed by atoms with Crippen molar-refractivity contribution in [3.05, 3.63) is 158 Å². The number of phosphoric ester groups is 1. The SMILES string of the molecule is CC/C=C\C/C=C\C/C=C\C/C=C\C/C=C\C/C=C\CCCCCCCCCCC(=O)NC(COP(=O)(O)OCC[N+](C)(C)C)C(/C=C\CCCCCCCCCCC)OC(=O)CCCCCC/C=C\C/C=C\C/C=C\C/C=C\C/C=C\C/C=C\CC. The predicted molar refractivity (Wildman–Crippen MR) is 378 cm³/mol. The molecule has 0 saturated heterocycles. The Kier molecular flexibility index (Phi) is 61.4. The molecule has 0 heterocycles. The molecular formula is C77H130N2O7P+. The number of allylic oxidation sites excluding steroid dienone is 25. The molecule has 0 aliphatic heterocycles. The summed E-state index contributed by atoms with van der Waals surface area (Å²) in [5.41, 5.74) is 0. The molecule has 494 valence electrons. The van der Waals surface area contributed by atoms with Crippen LogP contribution in [0.3, 0.4) is 0 Å². The molecule has 0 saturated carbocycles. The van der Waals surface area contributed by atoms with Gasteiger partial charge in [-0.25, -0.2) is 4.57 Å². The zero-order valence-corrected chi connectivity index (χ0v) is 57.3. The highest BCUT2D eigenvalue weighted by Gasteiger charge is 2.30. The van der Waals surface area contributed by atoms with Crippen molar-refractivity contribution in [1.29, 1.82) is 0 Å². The van der Waals surface area contributed by atoms with Gasteiger partial charge in [0.15, 0.2) is 0 Å². The Balaban J connectivity index is 5.15. The lowest BCUT2D eigenvalue weighted by Crippen LogP contribution is -2.47. The zero-order chi connectivity index (χ0) is 63.5. The third-order valence-electron chi connectivity index (χ3n) is 14.5. The molecule has 3 atom stereocenters. The summed E-state index contributed by atoms with van der Waals surface area (Å²) in [6, 6.07) is -0.877. The van der Waals surface area contributed by atoms with Gasteiger partial charge in [-0.2, -0.15) is 0 Å². The molecule has 0 aromatic heterocycles. The van der Waals surface area contributed by atoms with Crippen molar-refractivity contribution in [2.24, 2.45) is 0 Å². The Bertz CT molecular complexity index is 2050. The van der Waals surface area contributed by atoms with Crippen LogP contribution in [0.15, 0.2) is 158 Å². The highest BCUT2D eigenvalue weighted by atomic mass is 31.2. The number of rotatable bonds is 61. The van der Waals surface area contributed by atoms with Crippen molar-refractivity contribution < 1.29 is 37.3 Å². The summed E-state index contributed by atoms with van der Waals surface area (Å²) in [6.45, 7) is 6.74. The number of quaternary nitrogens is 1.